The lowest BCUT2D eigenvalue weighted by molar-refractivity contribution is 0.0975. The largest absolute Gasteiger partial charge is 0.488 e. The molecule has 0 amide bonds. The summed E-state index contributed by atoms with van der Waals surface area (Å²) < 4.78 is 6.05. The Bertz CT molecular complexity index is 1170. The van der Waals surface area contributed by atoms with E-state index >= 15 is 0 Å². The van der Waals surface area contributed by atoms with Crippen molar-refractivity contribution < 1.29 is 14.3 Å². The molecule has 0 aromatic heterocycles. The van der Waals surface area contributed by atoms with Crippen molar-refractivity contribution >= 4 is 34.8 Å². The van der Waals surface area contributed by atoms with Gasteiger partial charge in [-0.15, -0.1) is 0 Å². The molecule has 3 nitrogen and oxygen atoms in total. The molecule has 3 aromatic rings. The second-order valence-corrected chi connectivity index (χ2v) is 8.10. The smallest absolute Gasteiger partial charge is 0.199 e. The van der Waals surface area contributed by atoms with E-state index in [-0.39, 0.29) is 43.9 Å². The summed E-state index contributed by atoms with van der Waals surface area (Å²) in [5.74, 6) is -0.313. The number of benzene rings is 3. The van der Waals surface area contributed by atoms with Gasteiger partial charge in [0.15, 0.2) is 11.6 Å². The van der Waals surface area contributed by atoms with Crippen LogP contribution in [-0.2, 0) is 6.61 Å². The summed E-state index contributed by atoms with van der Waals surface area (Å²) in [6, 6.07) is 12.3. The first-order chi connectivity index (χ1) is 14.8. The van der Waals surface area contributed by atoms with Gasteiger partial charge in [-0.2, -0.15) is 0 Å². The summed E-state index contributed by atoms with van der Waals surface area (Å²) in [5, 5.41) is 0.416. The molecule has 0 saturated heterocycles. The Morgan fingerprint density at radius 1 is 0.774 bits per heavy atom. The fraction of sp³-hybridized carbons (Fsp3) is 0.231. The number of rotatable bonds is 3. The number of hydrogen-bond acceptors (Lipinski definition) is 3. The maximum absolute atomic E-state index is 13.3. The van der Waals surface area contributed by atoms with Crippen molar-refractivity contribution in [3.05, 3.63) is 97.0 Å². The minimum atomic E-state index is -0.352. The molecule has 1 aliphatic rings. The number of carbonyl (C=O) groups is 2. The van der Waals surface area contributed by atoms with Crippen LogP contribution in [0.4, 0.5) is 0 Å². The molecule has 160 valence electrons. The van der Waals surface area contributed by atoms with E-state index in [2.05, 4.69) is 19.1 Å². The summed E-state index contributed by atoms with van der Waals surface area (Å²) in [6.07, 6.45) is 0. The Kier molecular flexibility index (Phi) is 6.88. The van der Waals surface area contributed by atoms with Gasteiger partial charge in [0.05, 0.1) is 26.7 Å². The first kappa shape index (κ1) is 23.1. The number of carbonyl (C=O) groups excluding carboxylic acids is 2. The maximum Gasteiger partial charge on any atom is 0.199 e. The zero-order chi connectivity index (χ0) is 22.9. The molecule has 0 aliphatic heterocycles. The standard InChI is InChI=1S/C24H18Cl2O3.C2H6/c1-12-9-13(2)16(14(3)10-12)11-29-19-6-4-5-15-20(19)24(28)22-18(26)8-7-17(25)21(22)23(15)27;1-2/h4-10H,11H2,1-3H3;1-2H3. The highest BCUT2D eigenvalue weighted by Gasteiger charge is 2.35. The Hall–Kier alpha value is -2.62. The predicted octanol–water partition coefficient (Wildman–Crippen LogP) is 7.30. The van der Waals surface area contributed by atoms with E-state index in [0.717, 1.165) is 16.7 Å². The number of halogens is 2. The summed E-state index contributed by atoms with van der Waals surface area (Å²) in [5.41, 5.74) is 5.28. The van der Waals surface area contributed by atoms with Gasteiger partial charge >= 0.3 is 0 Å². The fourth-order valence-electron chi connectivity index (χ4n) is 3.92. The minimum Gasteiger partial charge on any atom is -0.488 e. The number of aryl methyl sites for hydroxylation is 3. The second kappa shape index (κ2) is 9.25. The highest BCUT2D eigenvalue weighted by Crippen LogP contribution is 2.39. The van der Waals surface area contributed by atoms with Crippen LogP contribution in [0.1, 0.15) is 67.9 Å². The average Bonchev–Trinajstić information content (AvgIpc) is 2.74. The molecule has 0 heterocycles. The Balaban J connectivity index is 0.00000132. The van der Waals surface area contributed by atoms with Crippen LogP contribution < -0.4 is 4.74 Å². The van der Waals surface area contributed by atoms with Crippen molar-refractivity contribution in [2.24, 2.45) is 0 Å². The van der Waals surface area contributed by atoms with Crippen LogP contribution in [0, 0.1) is 20.8 Å². The summed E-state index contributed by atoms with van der Waals surface area (Å²) in [4.78, 5) is 26.3. The van der Waals surface area contributed by atoms with Crippen LogP contribution in [0.15, 0.2) is 42.5 Å². The van der Waals surface area contributed by atoms with Gasteiger partial charge in [0.1, 0.15) is 12.4 Å². The third kappa shape index (κ3) is 4.13. The monoisotopic (exact) mass is 454 g/mol. The zero-order valence-electron chi connectivity index (χ0n) is 18.2. The lowest BCUT2D eigenvalue weighted by Crippen LogP contribution is -2.23. The van der Waals surface area contributed by atoms with Crippen molar-refractivity contribution in [3.63, 3.8) is 0 Å². The van der Waals surface area contributed by atoms with Crippen molar-refractivity contribution in [1.82, 2.24) is 0 Å². The van der Waals surface area contributed by atoms with Gasteiger partial charge in [-0.25, -0.2) is 0 Å². The van der Waals surface area contributed by atoms with Crippen LogP contribution >= 0.6 is 23.2 Å². The first-order valence-electron chi connectivity index (χ1n) is 10.2. The molecule has 0 bridgehead atoms. The number of ketones is 2. The van der Waals surface area contributed by atoms with E-state index in [9.17, 15) is 9.59 Å². The van der Waals surface area contributed by atoms with Crippen LogP contribution in [0.3, 0.4) is 0 Å². The van der Waals surface area contributed by atoms with Crippen molar-refractivity contribution in [2.75, 3.05) is 0 Å². The second-order valence-electron chi connectivity index (χ2n) is 7.28. The molecular weight excluding hydrogens is 431 g/mol. The zero-order valence-corrected chi connectivity index (χ0v) is 19.7. The van der Waals surface area contributed by atoms with E-state index in [1.165, 1.54) is 17.7 Å². The Labute approximate surface area is 193 Å². The Morgan fingerprint density at radius 2 is 1.32 bits per heavy atom. The molecule has 0 N–H and O–H groups in total. The van der Waals surface area contributed by atoms with Gasteiger partial charge < -0.3 is 4.74 Å². The van der Waals surface area contributed by atoms with Gasteiger partial charge in [0.2, 0.25) is 0 Å². The topological polar surface area (TPSA) is 43.4 Å². The highest BCUT2D eigenvalue weighted by molar-refractivity contribution is 6.43. The van der Waals surface area contributed by atoms with Gasteiger partial charge in [0.25, 0.3) is 0 Å². The molecule has 3 aromatic carbocycles. The SMILES string of the molecule is CC.Cc1cc(C)c(COc2cccc3c2C(=O)c2c(Cl)ccc(Cl)c2C3=O)c(C)c1. The van der Waals surface area contributed by atoms with E-state index in [0.29, 0.717) is 12.4 Å². The van der Waals surface area contributed by atoms with Crippen molar-refractivity contribution in [1.29, 1.82) is 0 Å². The average molecular weight is 455 g/mol. The predicted molar refractivity (Wildman–Crippen MR) is 126 cm³/mol. The molecule has 0 saturated carbocycles. The molecule has 0 fully saturated rings. The molecule has 1 aliphatic carbocycles. The fourth-order valence-corrected chi connectivity index (χ4v) is 4.40. The summed E-state index contributed by atoms with van der Waals surface area (Å²) in [7, 11) is 0. The quantitative estimate of drug-likeness (QED) is 0.326. The molecule has 0 radical (unpaired) electrons. The van der Waals surface area contributed by atoms with E-state index < -0.39 is 0 Å². The van der Waals surface area contributed by atoms with Gasteiger partial charge in [-0.05, 0) is 55.7 Å². The summed E-state index contributed by atoms with van der Waals surface area (Å²) >= 11 is 12.5. The van der Waals surface area contributed by atoms with Crippen LogP contribution in [0.25, 0.3) is 0 Å². The number of hydrogen-bond donors (Lipinski definition) is 0. The third-order valence-electron chi connectivity index (χ3n) is 5.27. The van der Waals surface area contributed by atoms with Crippen molar-refractivity contribution in [3.8, 4) is 5.75 Å². The van der Waals surface area contributed by atoms with Crippen LogP contribution in [0.2, 0.25) is 10.0 Å². The summed E-state index contributed by atoms with van der Waals surface area (Å²) in [6.45, 7) is 10.4. The molecule has 0 spiro atoms. The van der Waals surface area contributed by atoms with E-state index in [1.807, 2.05) is 27.7 Å². The number of ether oxygens (including phenoxy) is 1. The minimum absolute atomic E-state index is 0.135. The first-order valence-corrected chi connectivity index (χ1v) is 10.9. The molecule has 0 unspecified atom stereocenters. The molecule has 5 heteroatoms. The lowest BCUT2D eigenvalue weighted by atomic mass is 9.83. The van der Waals surface area contributed by atoms with Gasteiger partial charge in [-0.3, -0.25) is 9.59 Å². The van der Waals surface area contributed by atoms with Gasteiger partial charge in [0, 0.05) is 5.56 Å². The van der Waals surface area contributed by atoms with Crippen molar-refractivity contribution in [2.45, 2.75) is 41.2 Å². The van der Waals surface area contributed by atoms with Gasteiger partial charge in [-0.1, -0.05) is 66.9 Å². The van der Waals surface area contributed by atoms with E-state index in [1.54, 1.807) is 18.2 Å². The molecule has 31 heavy (non-hydrogen) atoms. The third-order valence-corrected chi connectivity index (χ3v) is 5.90. The van der Waals surface area contributed by atoms with Crippen LogP contribution in [0.5, 0.6) is 5.75 Å². The molecule has 0 atom stereocenters. The van der Waals surface area contributed by atoms with Crippen LogP contribution in [-0.4, -0.2) is 11.6 Å². The number of fused-ring (bicyclic) bond motifs is 2. The van der Waals surface area contributed by atoms with E-state index in [4.69, 9.17) is 27.9 Å². The molecular formula is C26H24Cl2O3. The molecule has 4 rings (SSSR count). The lowest BCUT2D eigenvalue weighted by Gasteiger charge is -2.22. The highest BCUT2D eigenvalue weighted by atomic mass is 35.5. The normalized spacial score (nSPS) is 12.0. The maximum atomic E-state index is 13.3. The Morgan fingerprint density at radius 3 is 1.90 bits per heavy atom.